The van der Waals surface area contributed by atoms with Gasteiger partial charge in [-0.25, -0.2) is 0 Å². The van der Waals surface area contributed by atoms with Gasteiger partial charge in [0, 0.05) is 18.7 Å². The molecule has 6 nitrogen and oxygen atoms in total. The molecule has 0 amide bonds. The lowest BCUT2D eigenvalue weighted by molar-refractivity contribution is -0.384. The van der Waals surface area contributed by atoms with E-state index in [9.17, 15) is 23.3 Å². The van der Waals surface area contributed by atoms with E-state index in [1.54, 1.807) is 0 Å². The highest BCUT2D eigenvalue weighted by molar-refractivity contribution is 6.32. The van der Waals surface area contributed by atoms with Crippen molar-refractivity contribution in [2.45, 2.75) is 26.1 Å². The van der Waals surface area contributed by atoms with Gasteiger partial charge in [0.05, 0.1) is 28.2 Å². The molecule has 28 heavy (non-hydrogen) atoms. The number of nitrogens with one attached hydrogen (secondary N) is 1. The van der Waals surface area contributed by atoms with E-state index in [1.165, 1.54) is 18.2 Å². The van der Waals surface area contributed by atoms with Crippen LogP contribution in [0.1, 0.15) is 19.4 Å². The fourth-order valence-electron chi connectivity index (χ4n) is 2.25. The summed E-state index contributed by atoms with van der Waals surface area (Å²) in [6.45, 7) is 4.39. The summed E-state index contributed by atoms with van der Waals surface area (Å²) in [6, 6.07) is 6.64. The Balaban J connectivity index is 2.19. The Labute approximate surface area is 164 Å². The highest BCUT2D eigenvalue weighted by Crippen LogP contribution is 2.37. The third kappa shape index (κ3) is 6.00. The second-order valence-electron chi connectivity index (χ2n) is 6.03. The van der Waals surface area contributed by atoms with Gasteiger partial charge in [-0.3, -0.25) is 10.1 Å². The molecule has 10 heteroatoms. The molecule has 0 unspecified atom stereocenters. The van der Waals surface area contributed by atoms with E-state index in [0.717, 1.165) is 18.2 Å². The highest BCUT2D eigenvalue weighted by Gasteiger charge is 2.31. The van der Waals surface area contributed by atoms with Crippen molar-refractivity contribution < 1.29 is 27.6 Å². The van der Waals surface area contributed by atoms with E-state index in [2.05, 4.69) is 5.32 Å². The van der Waals surface area contributed by atoms with Gasteiger partial charge in [0.25, 0.3) is 5.69 Å². The van der Waals surface area contributed by atoms with Crippen molar-refractivity contribution in [1.82, 2.24) is 0 Å². The fourth-order valence-corrected chi connectivity index (χ4v) is 2.47. The van der Waals surface area contributed by atoms with Crippen molar-refractivity contribution in [3.05, 3.63) is 57.1 Å². The van der Waals surface area contributed by atoms with E-state index in [4.69, 9.17) is 21.1 Å². The van der Waals surface area contributed by atoms with Crippen LogP contribution in [0.2, 0.25) is 5.02 Å². The van der Waals surface area contributed by atoms with E-state index < -0.39 is 16.7 Å². The number of hydrogen-bond donors (Lipinski definition) is 1. The Bertz CT molecular complexity index is 844. The van der Waals surface area contributed by atoms with Crippen LogP contribution in [-0.4, -0.2) is 24.2 Å². The van der Waals surface area contributed by atoms with Crippen LogP contribution in [-0.2, 0) is 10.9 Å². The first-order valence-corrected chi connectivity index (χ1v) is 8.64. The SMILES string of the molecule is CC(C)OCCNc1cc(Oc2ccc(C(F)(F)F)cc2Cl)ccc1[N+](=O)[O-]. The molecule has 0 aliphatic rings. The van der Waals surface area contributed by atoms with Crippen LogP contribution in [0.4, 0.5) is 24.5 Å². The van der Waals surface area contributed by atoms with Gasteiger partial charge in [-0.2, -0.15) is 13.2 Å². The summed E-state index contributed by atoms with van der Waals surface area (Å²) in [6.07, 6.45) is -4.50. The van der Waals surface area contributed by atoms with Gasteiger partial charge in [0.1, 0.15) is 17.2 Å². The summed E-state index contributed by atoms with van der Waals surface area (Å²) < 4.78 is 49.0. The summed E-state index contributed by atoms with van der Waals surface area (Å²) in [7, 11) is 0. The van der Waals surface area contributed by atoms with E-state index >= 15 is 0 Å². The molecule has 2 aromatic rings. The summed E-state index contributed by atoms with van der Waals surface area (Å²) in [5.41, 5.74) is -0.880. The second-order valence-corrected chi connectivity index (χ2v) is 6.43. The predicted octanol–water partition coefficient (Wildman–Crippen LogP) is 5.90. The smallest absolute Gasteiger partial charge is 0.416 e. The molecule has 0 heterocycles. The number of halogens is 4. The third-order valence-electron chi connectivity index (χ3n) is 3.52. The molecule has 0 atom stereocenters. The van der Waals surface area contributed by atoms with Crippen molar-refractivity contribution in [3.63, 3.8) is 0 Å². The molecule has 152 valence electrons. The zero-order chi connectivity index (χ0) is 20.9. The van der Waals surface area contributed by atoms with Crippen LogP contribution < -0.4 is 10.1 Å². The lowest BCUT2D eigenvalue weighted by Gasteiger charge is -2.13. The first-order chi connectivity index (χ1) is 13.1. The van der Waals surface area contributed by atoms with Gasteiger partial charge in [0.2, 0.25) is 0 Å². The van der Waals surface area contributed by atoms with Gasteiger partial charge in [-0.05, 0) is 38.1 Å². The number of ether oxygens (including phenoxy) is 2. The Morgan fingerprint density at radius 3 is 2.50 bits per heavy atom. The third-order valence-corrected chi connectivity index (χ3v) is 3.82. The minimum absolute atomic E-state index is 0.00221. The van der Waals surface area contributed by atoms with E-state index in [-0.39, 0.29) is 34.0 Å². The molecule has 0 fully saturated rings. The molecule has 0 spiro atoms. The molecule has 2 rings (SSSR count). The Morgan fingerprint density at radius 1 is 1.21 bits per heavy atom. The quantitative estimate of drug-likeness (QED) is 0.328. The Morgan fingerprint density at radius 2 is 1.93 bits per heavy atom. The normalized spacial score (nSPS) is 11.5. The molecular formula is C18H18ClF3N2O4. The number of alkyl halides is 3. The van der Waals surface area contributed by atoms with Gasteiger partial charge in [-0.1, -0.05) is 11.6 Å². The number of anilines is 1. The van der Waals surface area contributed by atoms with Crippen molar-refractivity contribution >= 4 is 23.0 Å². The van der Waals surface area contributed by atoms with Gasteiger partial charge in [-0.15, -0.1) is 0 Å². The Kier molecular flexibility index (Phi) is 7.09. The van der Waals surface area contributed by atoms with Crippen molar-refractivity contribution in [3.8, 4) is 11.5 Å². The summed E-state index contributed by atoms with van der Waals surface area (Å²) in [5.74, 6) is 0.178. The highest BCUT2D eigenvalue weighted by atomic mass is 35.5. The number of rotatable bonds is 8. The minimum Gasteiger partial charge on any atom is -0.456 e. The number of nitrogens with zero attached hydrogens (tertiary/aromatic N) is 1. The lowest BCUT2D eigenvalue weighted by atomic mass is 10.2. The average molecular weight is 419 g/mol. The van der Waals surface area contributed by atoms with Crippen LogP contribution in [0, 0.1) is 10.1 Å². The van der Waals surface area contributed by atoms with Crippen LogP contribution in [0.15, 0.2) is 36.4 Å². The zero-order valence-corrected chi connectivity index (χ0v) is 15.8. The van der Waals surface area contributed by atoms with Crippen LogP contribution in [0.5, 0.6) is 11.5 Å². The average Bonchev–Trinajstić information content (AvgIpc) is 2.59. The molecule has 1 N–H and O–H groups in total. The van der Waals surface area contributed by atoms with Crippen molar-refractivity contribution in [2.75, 3.05) is 18.5 Å². The van der Waals surface area contributed by atoms with E-state index in [0.29, 0.717) is 13.2 Å². The fraction of sp³-hybridized carbons (Fsp3) is 0.333. The summed E-state index contributed by atoms with van der Waals surface area (Å²) in [5, 5.41) is 13.8. The standard InChI is InChI=1S/C18H18ClF3N2O4/c1-11(2)27-8-7-23-15-10-13(4-5-16(15)24(25)26)28-17-6-3-12(9-14(17)19)18(20,21)22/h3-6,9-11,23H,7-8H2,1-2H3. The molecule has 0 radical (unpaired) electrons. The number of benzene rings is 2. The maximum atomic E-state index is 12.7. The topological polar surface area (TPSA) is 73.6 Å². The first-order valence-electron chi connectivity index (χ1n) is 8.26. The zero-order valence-electron chi connectivity index (χ0n) is 15.0. The largest absolute Gasteiger partial charge is 0.456 e. The van der Waals surface area contributed by atoms with Gasteiger partial charge >= 0.3 is 6.18 Å². The van der Waals surface area contributed by atoms with E-state index in [1.807, 2.05) is 13.8 Å². The Hall–Kier alpha value is -2.52. The molecule has 0 aliphatic heterocycles. The first kappa shape index (κ1) is 21.8. The van der Waals surface area contributed by atoms with Crippen LogP contribution in [0.3, 0.4) is 0 Å². The molecule has 2 aromatic carbocycles. The monoisotopic (exact) mass is 418 g/mol. The maximum Gasteiger partial charge on any atom is 0.416 e. The number of nitro benzene ring substituents is 1. The molecule has 0 saturated carbocycles. The summed E-state index contributed by atoms with van der Waals surface area (Å²) in [4.78, 5) is 10.6. The molecular weight excluding hydrogens is 401 g/mol. The number of nitro groups is 1. The minimum atomic E-state index is -4.52. The van der Waals surface area contributed by atoms with Crippen molar-refractivity contribution in [2.24, 2.45) is 0 Å². The summed E-state index contributed by atoms with van der Waals surface area (Å²) >= 11 is 5.87. The molecule has 0 aromatic heterocycles. The second kappa shape index (κ2) is 9.11. The number of hydrogen-bond acceptors (Lipinski definition) is 5. The maximum absolute atomic E-state index is 12.7. The van der Waals surface area contributed by atoms with Gasteiger partial charge in [0.15, 0.2) is 0 Å². The van der Waals surface area contributed by atoms with Crippen LogP contribution >= 0.6 is 11.6 Å². The predicted molar refractivity (Wildman–Crippen MR) is 99.2 cm³/mol. The molecule has 0 bridgehead atoms. The molecule has 0 saturated heterocycles. The molecule has 0 aliphatic carbocycles. The van der Waals surface area contributed by atoms with Gasteiger partial charge < -0.3 is 14.8 Å². The van der Waals surface area contributed by atoms with Crippen LogP contribution in [0.25, 0.3) is 0 Å². The van der Waals surface area contributed by atoms with Crippen molar-refractivity contribution in [1.29, 1.82) is 0 Å². The lowest BCUT2D eigenvalue weighted by Crippen LogP contribution is -2.13.